The molecule has 1 aromatic heterocycles. The molecule has 16 nitrogen and oxygen atoms in total. The van der Waals surface area contributed by atoms with Crippen LogP contribution in [0.5, 0.6) is 5.75 Å². The fraction of sp³-hybridized carbons (Fsp3) is 0.375. The first-order valence-electron chi connectivity index (χ1n) is 18.9. The number of halogens is 4. The van der Waals surface area contributed by atoms with Gasteiger partial charge >= 0.3 is 6.18 Å². The number of amides is 6. The summed E-state index contributed by atoms with van der Waals surface area (Å²) in [5, 5.41) is 27.6. The summed E-state index contributed by atoms with van der Waals surface area (Å²) in [6, 6.07) is 9.57. The van der Waals surface area contributed by atoms with Gasteiger partial charge in [0.15, 0.2) is 23.8 Å². The summed E-state index contributed by atoms with van der Waals surface area (Å²) in [5.41, 5.74) is -3.67. The molecule has 4 N–H and O–H groups in total. The van der Waals surface area contributed by atoms with Crippen LogP contribution in [-0.4, -0.2) is 93.1 Å². The van der Waals surface area contributed by atoms with Crippen LogP contribution in [0, 0.1) is 17.1 Å². The van der Waals surface area contributed by atoms with Crippen LogP contribution in [-0.2, 0) is 31.8 Å². The Kier molecular flexibility index (Phi) is 12.7. The number of benzene rings is 2. The number of aryl methyl sites for hydroxylation is 1. The quantitative estimate of drug-likeness (QED) is 0.0794. The number of aromatic nitrogens is 1. The average Bonchev–Trinajstić information content (AvgIpc) is 3.56. The number of anilines is 2. The standard InChI is InChI=1S/C40H38F4N8O8S/c1-39(2)37(59)51(25-13-10-21(18-45)32(33(25)41)40(42,43)44)38(61)52(39)23-12-11-22(48-19-23)6-3-9-28(53)46-16-5-17-47-30(55)20-60-27-8-4-7-24-31(27)36(58)50(35(24)57)26-14-15-29(54)49-34(26)56/h4,7-8,10-13,19,26,37,59H,3,5-6,9,14-17,20H2,1-2H3,(H,46,53)(H,47,55)(H,49,54,56). The first-order chi connectivity index (χ1) is 28.9. The molecule has 2 saturated heterocycles. The fourth-order valence-electron chi connectivity index (χ4n) is 7.25. The maximum Gasteiger partial charge on any atom is 0.420 e. The van der Waals surface area contributed by atoms with Gasteiger partial charge in [0.1, 0.15) is 17.4 Å². The molecule has 0 aliphatic carbocycles. The van der Waals surface area contributed by atoms with Crippen molar-refractivity contribution in [3.8, 4) is 11.8 Å². The van der Waals surface area contributed by atoms with Crippen molar-refractivity contribution in [2.24, 2.45) is 0 Å². The fourth-order valence-corrected chi connectivity index (χ4v) is 7.79. The van der Waals surface area contributed by atoms with E-state index in [1.165, 1.54) is 35.4 Å². The second-order valence-electron chi connectivity index (χ2n) is 14.8. The normalized spacial score (nSPS) is 18.5. The summed E-state index contributed by atoms with van der Waals surface area (Å²) in [7, 11) is 0. The predicted octanol–water partition coefficient (Wildman–Crippen LogP) is 3.25. The number of carbonyl (C=O) groups excluding carboxylic acids is 6. The SMILES string of the molecule is CC1(C)C(O)N(c2ccc(C#N)c(C(F)(F)F)c2F)C(=S)N1c1ccc(CCCC(=O)NCCCNC(=O)COc2cccc3c2C(=O)N(C2CCC(=O)NC2=O)C3=O)nc1. The molecule has 6 amide bonds. The number of pyridine rings is 1. The molecule has 61 heavy (non-hydrogen) atoms. The van der Waals surface area contributed by atoms with Crippen molar-refractivity contribution in [1.82, 2.24) is 25.8 Å². The Morgan fingerprint density at radius 2 is 1.75 bits per heavy atom. The zero-order valence-corrected chi connectivity index (χ0v) is 33.4. The minimum absolute atomic E-state index is 0.00801. The number of aliphatic hydroxyl groups excluding tert-OH is 1. The largest absolute Gasteiger partial charge is 0.483 e. The number of piperidine rings is 1. The minimum Gasteiger partial charge on any atom is -0.483 e. The van der Waals surface area contributed by atoms with Crippen LogP contribution in [0.25, 0.3) is 0 Å². The van der Waals surface area contributed by atoms with Crippen LogP contribution in [0.4, 0.5) is 28.9 Å². The second kappa shape index (κ2) is 17.6. The third-order valence-electron chi connectivity index (χ3n) is 10.3. The maximum atomic E-state index is 15.4. The van der Waals surface area contributed by atoms with Gasteiger partial charge < -0.3 is 25.4 Å². The molecule has 6 rings (SSSR count). The summed E-state index contributed by atoms with van der Waals surface area (Å²) in [6.45, 7) is 3.10. The van der Waals surface area contributed by atoms with E-state index in [-0.39, 0.29) is 60.2 Å². The van der Waals surface area contributed by atoms with Crippen molar-refractivity contribution in [3.05, 3.63) is 82.4 Å². The molecule has 2 unspecified atom stereocenters. The number of thiocarbonyl (C=S) groups is 1. The van der Waals surface area contributed by atoms with E-state index in [1.807, 2.05) is 0 Å². The third-order valence-corrected chi connectivity index (χ3v) is 10.7. The maximum absolute atomic E-state index is 15.4. The van der Waals surface area contributed by atoms with Gasteiger partial charge in [-0.25, -0.2) is 4.39 Å². The number of hydrogen-bond donors (Lipinski definition) is 4. The third kappa shape index (κ3) is 8.86. The molecule has 2 aromatic carbocycles. The number of alkyl halides is 3. The van der Waals surface area contributed by atoms with Gasteiger partial charge in [0, 0.05) is 31.6 Å². The van der Waals surface area contributed by atoms with E-state index < -0.39 is 82.8 Å². The zero-order valence-electron chi connectivity index (χ0n) is 32.6. The van der Waals surface area contributed by atoms with Gasteiger partial charge in [-0.3, -0.25) is 48.9 Å². The van der Waals surface area contributed by atoms with E-state index in [0.717, 1.165) is 21.9 Å². The minimum atomic E-state index is -5.18. The number of rotatable bonds is 14. The van der Waals surface area contributed by atoms with Crippen molar-refractivity contribution in [3.63, 3.8) is 0 Å². The van der Waals surface area contributed by atoms with E-state index in [4.69, 9.17) is 22.2 Å². The number of carbonyl (C=O) groups is 6. The molecule has 0 bridgehead atoms. The van der Waals surface area contributed by atoms with Gasteiger partial charge in [0.2, 0.25) is 17.7 Å². The lowest BCUT2D eigenvalue weighted by molar-refractivity contribution is -0.140. The Bertz CT molecular complexity index is 2350. The Labute approximate surface area is 350 Å². The molecule has 21 heteroatoms. The van der Waals surface area contributed by atoms with Crippen molar-refractivity contribution in [2.75, 3.05) is 29.5 Å². The Morgan fingerprint density at radius 3 is 2.41 bits per heavy atom. The molecular formula is C40H38F4N8O8S. The molecule has 3 aliphatic heterocycles. The van der Waals surface area contributed by atoms with Gasteiger partial charge in [-0.15, -0.1) is 0 Å². The van der Waals surface area contributed by atoms with E-state index in [0.29, 0.717) is 30.6 Å². The van der Waals surface area contributed by atoms with E-state index in [2.05, 4.69) is 20.9 Å². The lowest BCUT2D eigenvalue weighted by Crippen LogP contribution is -2.54. The molecule has 3 aliphatic rings. The number of nitriles is 1. The van der Waals surface area contributed by atoms with Gasteiger partial charge in [-0.2, -0.15) is 18.4 Å². The molecule has 4 heterocycles. The van der Waals surface area contributed by atoms with Crippen LogP contribution in [0.15, 0.2) is 48.7 Å². The van der Waals surface area contributed by atoms with Crippen LogP contribution >= 0.6 is 12.2 Å². The lowest BCUT2D eigenvalue weighted by atomic mass is 10.0. The van der Waals surface area contributed by atoms with Crippen molar-refractivity contribution in [1.29, 1.82) is 5.26 Å². The van der Waals surface area contributed by atoms with Gasteiger partial charge in [0.25, 0.3) is 17.7 Å². The number of fused-ring (bicyclic) bond motifs is 1. The van der Waals surface area contributed by atoms with Crippen molar-refractivity contribution in [2.45, 2.75) is 76.4 Å². The average molecular weight is 867 g/mol. The van der Waals surface area contributed by atoms with E-state index in [9.17, 15) is 47.0 Å². The summed E-state index contributed by atoms with van der Waals surface area (Å²) < 4.78 is 62.0. The Hall–Kier alpha value is -6.53. The summed E-state index contributed by atoms with van der Waals surface area (Å²) in [6.07, 6.45) is -3.98. The zero-order chi connectivity index (χ0) is 44.4. The molecule has 2 atom stereocenters. The number of hydrogen-bond acceptors (Lipinski definition) is 11. The van der Waals surface area contributed by atoms with Crippen LogP contribution in [0.1, 0.15) is 83.5 Å². The second-order valence-corrected chi connectivity index (χ2v) is 15.1. The number of imide groups is 2. The highest BCUT2D eigenvalue weighted by atomic mass is 32.1. The molecule has 320 valence electrons. The Morgan fingerprint density at radius 1 is 1.03 bits per heavy atom. The van der Waals surface area contributed by atoms with Crippen molar-refractivity contribution < 1.29 is 56.2 Å². The smallest absolute Gasteiger partial charge is 0.420 e. The van der Waals surface area contributed by atoms with Gasteiger partial charge in [-0.1, -0.05) is 6.07 Å². The highest BCUT2D eigenvalue weighted by molar-refractivity contribution is 7.80. The van der Waals surface area contributed by atoms with Gasteiger partial charge in [-0.05, 0) is 88.1 Å². The summed E-state index contributed by atoms with van der Waals surface area (Å²) in [5.74, 6) is -5.24. The first-order valence-corrected chi connectivity index (χ1v) is 19.3. The van der Waals surface area contributed by atoms with E-state index >= 15 is 4.39 Å². The molecule has 0 radical (unpaired) electrons. The van der Waals surface area contributed by atoms with Crippen LogP contribution in [0.3, 0.4) is 0 Å². The van der Waals surface area contributed by atoms with E-state index in [1.54, 1.807) is 26.0 Å². The first kappa shape index (κ1) is 44.0. The number of aliphatic hydroxyl groups is 1. The van der Waals surface area contributed by atoms with Crippen LogP contribution in [0.2, 0.25) is 0 Å². The topological polar surface area (TPSA) is 214 Å². The molecular weight excluding hydrogens is 829 g/mol. The summed E-state index contributed by atoms with van der Waals surface area (Å²) in [4.78, 5) is 82.5. The highest BCUT2D eigenvalue weighted by Crippen LogP contribution is 2.43. The predicted molar refractivity (Wildman–Crippen MR) is 210 cm³/mol. The van der Waals surface area contributed by atoms with Crippen LogP contribution < -0.4 is 30.5 Å². The van der Waals surface area contributed by atoms with Gasteiger partial charge in [0.05, 0.1) is 45.9 Å². The number of ether oxygens (including phenoxy) is 1. The number of nitrogens with one attached hydrogen (secondary N) is 3. The summed E-state index contributed by atoms with van der Waals surface area (Å²) >= 11 is 5.53. The lowest BCUT2D eigenvalue weighted by Gasteiger charge is -2.32. The molecule has 3 aromatic rings. The molecule has 0 saturated carbocycles. The molecule has 2 fully saturated rings. The molecule has 0 spiro atoms. The monoisotopic (exact) mass is 866 g/mol. The number of nitrogens with zero attached hydrogens (tertiary/aromatic N) is 5. The highest BCUT2D eigenvalue weighted by Gasteiger charge is 2.52. The Balaban J connectivity index is 0.922. The van der Waals surface area contributed by atoms with Crippen molar-refractivity contribution >= 4 is 64.1 Å².